The summed E-state index contributed by atoms with van der Waals surface area (Å²) < 4.78 is 33.0. The molecule has 0 unspecified atom stereocenters. The molecule has 0 radical (unpaired) electrons. The number of carbonyl (C=O) groups excluding carboxylic acids is 1. The van der Waals surface area contributed by atoms with E-state index in [1.54, 1.807) is 25.6 Å². The Balaban J connectivity index is 1.28. The second-order valence-corrected chi connectivity index (χ2v) is 10.4. The van der Waals surface area contributed by atoms with Gasteiger partial charge in [-0.2, -0.15) is 0 Å². The van der Waals surface area contributed by atoms with Crippen molar-refractivity contribution in [3.8, 4) is 5.75 Å². The van der Waals surface area contributed by atoms with Crippen molar-refractivity contribution in [2.45, 2.75) is 11.3 Å². The van der Waals surface area contributed by atoms with Gasteiger partial charge in [-0.05, 0) is 66.6 Å². The highest BCUT2D eigenvalue weighted by Crippen LogP contribution is 2.25. The average Bonchev–Trinajstić information content (AvgIpc) is 2.91. The van der Waals surface area contributed by atoms with Gasteiger partial charge < -0.3 is 10.1 Å². The molecule has 190 valence electrons. The zero-order valence-electron chi connectivity index (χ0n) is 20.1. The van der Waals surface area contributed by atoms with E-state index in [0.29, 0.717) is 23.6 Å². The smallest absolute Gasteiger partial charge is 0.240 e. The van der Waals surface area contributed by atoms with Crippen molar-refractivity contribution in [1.82, 2.24) is 9.71 Å². The molecule has 4 rings (SSSR count). The minimum atomic E-state index is -3.70. The first-order chi connectivity index (χ1) is 17.9. The van der Waals surface area contributed by atoms with Gasteiger partial charge in [-0.15, -0.1) is 0 Å². The van der Waals surface area contributed by atoms with Crippen LogP contribution >= 0.6 is 11.6 Å². The van der Waals surface area contributed by atoms with Gasteiger partial charge in [0.05, 0.1) is 23.9 Å². The Kier molecular flexibility index (Phi) is 8.55. The van der Waals surface area contributed by atoms with E-state index in [-0.39, 0.29) is 17.2 Å². The topological polar surface area (TPSA) is 97.4 Å². The fourth-order valence-electron chi connectivity index (χ4n) is 3.67. The minimum absolute atomic E-state index is 0.103. The number of allylic oxidation sites excluding steroid dienone is 1. The largest absolute Gasteiger partial charge is 0.497 e. The van der Waals surface area contributed by atoms with Gasteiger partial charge in [0.2, 0.25) is 10.0 Å². The van der Waals surface area contributed by atoms with Crippen LogP contribution in [0.1, 0.15) is 22.3 Å². The van der Waals surface area contributed by atoms with E-state index in [9.17, 15) is 13.2 Å². The molecule has 0 amide bonds. The summed E-state index contributed by atoms with van der Waals surface area (Å²) in [6.07, 6.45) is 7.20. The van der Waals surface area contributed by atoms with E-state index in [4.69, 9.17) is 16.3 Å². The van der Waals surface area contributed by atoms with Crippen LogP contribution in [0.3, 0.4) is 0 Å². The van der Waals surface area contributed by atoms with Gasteiger partial charge in [0.25, 0.3) is 0 Å². The quantitative estimate of drug-likeness (QED) is 0.148. The highest BCUT2D eigenvalue weighted by atomic mass is 35.5. The molecule has 9 heteroatoms. The molecule has 2 N–H and O–H groups in total. The molecule has 3 aromatic carbocycles. The number of nitrogens with one attached hydrogen (secondary N) is 2. The summed E-state index contributed by atoms with van der Waals surface area (Å²) in [5.41, 5.74) is 2.12. The molecule has 7 nitrogen and oxygen atoms in total. The van der Waals surface area contributed by atoms with Crippen LogP contribution in [-0.4, -0.2) is 39.4 Å². The highest BCUT2D eigenvalue weighted by molar-refractivity contribution is 7.89. The standard InChI is InChI=1S/C28H26ClN3O4S/c1-36-24-9-3-20(4-10-24)5-14-28(33)21-6-11-25(12-7-21)37(34,35)32-16-2-15-31-27-19-30-18-22-17-23(29)8-13-26(22)27/h3-14,17-19,31-32H,2,15-16H2,1H3/b14-5+. The molecule has 1 aromatic heterocycles. The van der Waals surface area contributed by atoms with E-state index >= 15 is 0 Å². The lowest BCUT2D eigenvalue weighted by molar-refractivity contribution is 0.104. The molecular formula is C28H26ClN3O4S. The number of fused-ring (bicyclic) bond motifs is 1. The van der Waals surface area contributed by atoms with E-state index in [1.165, 1.54) is 30.3 Å². The third-order valence-corrected chi connectivity index (χ3v) is 7.39. The van der Waals surface area contributed by atoms with Gasteiger partial charge in [0.1, 0.15) is 5.75 Å². The fourth-order valence-corrected chi connectivity index (χ4v) is 4.93. The molecule has 0 spiro atoms. The molecule has 1 heterocycles. The monoisotopic (exact) mass is 535 g/mol. The predicted octanol–water partition coefficient (Wildman–Crippen LogP) is 5.57. The maximum absolute atomic E-state index is 12.7. The maximum Gasteiger partial charge on any atom is 0.240 e. The molecule has 0 aliphatic heterocycles. The zero-order chi connectivity index (χ0) is 26.3. The third-order valence-electron chi connectivity index (χ3n) is 5.67. The number of halogens is 1. The van der Waals surface area contributed by atoms with Crippen molar-refractivity contribution in [1.29, 1.82) is 0 Å². The molecule has 0 saturated heterocycles. The number of hydrogen-bond donors (Lipinski definition) is 2. The summed E-state index contributed by atoms with van der Waals surface area (Å²) in [7, 11) is -2.10. The number of hydrogen-bond acceptors (Lipinski definition) is 6. The number of rotatable bonds is 11. The molecule has 37 heavy (non-hydrogen) atoms. The van der Waals surface area contributed by atoms with Gasteiger partial charge in [-0.25, -0.2) is 13.1 Å². The Morgan fingerprint density at radius 1 is 1.00 bits per heavy atom. The number of carbonyl (C=O) groups is 1. The first-order valence-corrected chi connectivity index (χ1v) is 13.5. The van der Waals surface area contributed by atoms with Crippen LogP contribution in [0.5, 0.6) is 5.75 Å². The lowest BCUT2D eigenvalue weighted by atomic mass is 10.1. The Labute approximate surface area is 221 Å². The molecule has 0 aliphatic rings. The summed E-state index contributed by atoms with van der Waals surface area (Å²) in [6.45, 7) is 0.810. The van der Waals surface area contributed by atoms with Gasteiger partial charge in [0, 0.05) is 40.6 Å². The first kappa shape index (κ1) is 26.3. The van der Waals surface area contributed by atoms with Crippen LogP contribution in [-0.2, 0) is 10.0 Å². The number of benzene rings is 3. The fraction of sp³-hybridized carbons (Fsp3) is 0.143. The molecule has 0 atom stereocenters. The lowest BCUT2D eigenvalue weighted by Gasteiger charge is -2.10. The highest BCUT2D eigenvalue weighted by Gasteiger charge is 2.14. The lowest BCUT2D eigenvalue weighted by Crippen LogP contribution is -2.26. The Bertz CT molecular complexity index is 1520. The van der Waals surface area contributed by atoms with Gasteiger partial charge in [-0.3, -0.25) is 9.78 Å². The zero-order valence-corrected chi connectivity index (χ0v) is 21.7. The van der Waals surface area contributed by atoms with Crippen LogP contribution in [0, 0.1) is 0 Å². The average molecular weight is 536 g/mol. The van der Waals surface area contributed by atoms with Crippen molar-refractivity contribution in [3.63, 3.8) is 0 Å². The molecule has 0 bridgehead atoms. The minimum Gasteiger partial charge on any atom is -0.497 e. The number of pyridine rings is 1. The van der Waals surface area contributed by atoms with Crippen LogP contribution in [0.25, 0.3) is 16.8 Å². The van der Waals surface area contributed by atoms with E-state index in [2.05, 4.69) is 15.0 Å². The van der Waals surface area contributed by atoms with E-state index < -0.39 is 10.0 Å². The second kappa shape index (κ2) is 12.0. The number of anilines is 1. The Hall–Kier alpha value is -3.72. The first-order valence-electron chi connectivity index (χ1n) is 11.6. The Morgan fingerprint density at radius 2 is 1.76 bits per heavy atom. The SMILES string of the molecule is COc1ccc(/C=C/C(=O)c2ccc(S(=O)(=O)NCCCNc3cncc4cc(Cl)ccc34)cc2)cc1. The number of ketones is 1. The number of nitrogens with zero attached hydrogens (tertiary/aromatic N) is 1. The van der Waals surface area contributed by atoms with Crippen molar-refractivity contribution in [3.05, 3.63) is 101 Å². The molecule has 0 fully saturated rings. The Morgan fingerprint density at radius 3 is 2.49 bits per heavy atom. The summed E-state index contributed by atoms with van der Waals surface area (Å²) in [6, 6.07) is 18.8. The number of ether oxygens (including phenoxy) is 1. The van der Waals surface area contributed by atoms with Gasteiger partial charge in [-0.1, -0.05) is 35.9 Å². The third kappa shape index (κ3) is 6.95. The van der Waals surface area contributed by atoms with Crippen LogP contribution < -0.4 is 14.8 Å². The molecule has 4 aromatic rings. The van der Waals surface area contributed by atoms with Crippen molar-refractivity contribution in [2.75, 3.05) is 25.5 Å². The predicted molar refractivity (Wildman–Crippen MR) is 148 cm³/mol. The number of aromatic nitrogens is 1. The summed E-state index contributed by atoms with van der Waals surface area (Å²) in [5, 5.41) is 5.85. The van der Waals surface area contributed by atoms with Crippen LogP contribution in [0.2, 0.25) is 5.02 Å². The van der Waals surface area contributed by atoms with Crippen molar-refractivity contribution >= 4 is 49.9 Å². The van der Waals surface area contributed by atoms with Crippen LogP contribution in [0.4, 0.5) is 5.69 Å². The normalized spacial score (nSPS) is 11.6. The summed E-state index contributed by atoms with van der Waals surface area (Å²) in [4.78, 5) is 16.8. The number of sulfonamides is 1. The summed E-state index contributed by atoms with van der Waals surface area (Å²) >= 11 is 6.04. The van der Waals surface area contributed by atoms with Gasteiger partial charge >= 0.3 is 0 Å². The maximum atomic E-state index is 12.7. The van der Waals surface area contributed by atoms with Crippen LogP contribution in [0.15, 0.2) is 90.1 Å². The van der Waals surface area contributed by atoms with Crippen molar-refractivity contribution in [2.24, 2.45) is 0 Å². The molecule has 0 saturated carbocycles. The second-order valence-electron chi connectivity index (χ2n) is 8.23. The van der Waals surface area contributed by atoms with Gasteiger partial charge in [0.15, 0.2) is 5.78 Å². The molecule has 0 aliphatic carbocycles. The van der Waals surface area contributed by atoms with E-state index in [1.807, 2.05) is 42.5 Å². The number of methoxy groups -OCH3 is 1. The van der Waals surface area contributed by atoms with E-state index in [0.717, 1.165) is 27.8 Å². The van der Waals surface area contributed by atoms with Crippen molar-refractivity contribution < 1.29 is 17.9 Å². The molecular weight excluding hydrogens is 510 g/mol. The summed E-state index contributed by atoms with van der Waals surface area (Å²) in [5.74, 6) is 0.516.